The van der Waals surface area contributed by atoms with Gasteiger partial charge in [-0.2, -0.15) is 0 Å². The molecule has 4 rings (SSSR count). The van der Waals surface area contributed by atoms with Crippen LogP contribution >= 0.6 is 0 Å². The van der Waals surface area contributed by atoms with E-state index in [1.54, 1.807) is 0 Å². The topological polar surface area (TPSA) is 20.2 Å². The summed E-state index contributed by atoms with van der Waals surface area (Å²) in [6.45, 7) is 0. The molecular weight excluding hydrogens is 160 g/mol. The summed E-state index contributed by atoms with van der Waals surface area (Å²) in [6, 6.07) is 0. The van der Waals surface area contributed by atoms with Crippen LogP contribution in [0, 0.1) is 29.6 Å². The molecule has 13 heavy (non-hydrogen) atoms. The third-order valence-electron chi connectivity index (χ3n) is 5.80. The predicted octanol–water partition coefficient (Wildman–Crippen LogP) is 2.19. The highest BCUT2D eigenvalue weighted by Gasteiger charge is 2.68. The van der Waals surface area contributed by atoms with Crippen LogP contribution in [0.15, 0.2) is 0 Å². The molecule has 0 aromatic rings. The molecule has 1 heteroatoms. The number of fused-ring (bicyclic) bond motifs is 9. The summed E-state index contributed by atoms with van der Waals surface area (Å²) in [4.78, 5) is 0. The van der Waals surface area contributed by atoms with E-state index < -0.39 is 0 Å². The molecular formula is C12H18O. The van der Waals surface area contributed by atoms with Crippen molar-refractivity contribution in [3.8, 4) is 0 Å². The van der Waals surface area contributed by atoms with Gasteiger partial charge in [0.1, 0.15) is 0 Å². The van der Waals surface area contributed by atoms with Gasteiger partial charge in [0, 0.05) is 0 Å². The van der Waals surface area contributed by atoms with Crippen LogP contribution in [-0.2, 0) is 0 Å². The van der Waals surface area contributed by atoms with Crippen molar-refractivity contribution >= 4 is 0 Å². The molecule has 0 heterocycles. The van der Waals surface area contributed by atoms with Crippen molar-refractivity contribution < 1.29 is 5.11 Å². The summed E-state index contributed by atoms with van der Waals surface area (Å²) in [7, 11) is 0. The molecule has 0 spiro atoms. The minimum atomic E-state index is -0.161. The zero-order valence-electron chi connectivity index (χ0n) is 8.08. The molecule has 0 radical (unpaired) electrons. The van der Waals surface area contributed by atoms with E-state index in [4.69, 9.17) is 0 Å². The molecule has 4 aliphatic rings. The Labute approximate surface area is 79.5 Å². The Kier molecular flexibility index (Phi) is 1.11. The number of rotatable bonds is 0. The van der Waals surface area contributed by atoms with E-state index in [2.05, 4.69) is 0 Å². The molecule has 4 saturated carbocycles. The lowest BCUT2D eigenvalue weighted by molar-refractivity contribution is -0.0959. The quantitative estimate of drug-likeness (QED) is 0.564. The third kappa shape index (κ3) is 0.614. The highest BCUT2D eigenvalue weighted by atomic mass is 16.3. The van der Waals surface area contributed by atoms with Crippen molar-refractivity contribution in [1.82, 2.24) is 0 Å². The van der Waals surface area contributed by atoms with Crippen molar-refractivity contribution in [2.75, 3.05) is 0 Å². The maximum atomic E-state index is 10.8. The second kappa shape index (κ2) is 1.98. The first-order chi connectivity index (χ1) is 6.30. The highest BCUT2D eigenvalue weighted by molar-refractivity contribution is 5.18. The van der Waals surface area contributed by atoms with Gasteiger partial charge in [-0.3, -0.25) is 0 Å². The summed E-state index contributed by atoms with van der Waals surface area (Å²) >= 11 is 0. The van der Waals surface area contributed by atoms with Gasteiger partial charge >= 0.3 is 0 Å². The fourth-order valence-electron chi connectivity index (χ4n) is 5.54. The van der Waals surface area contributed by atoms with Crippen molar-refractivity contribution in [2.24, 2.45) is 29.6 Å². The number of hydrogen-bond donors (Lipinski definition) is 1. The lowest BCUT2D eigenvalue weighted by Crippen LogP contribution is -2.47. The summed E-state index contributed by atoms with van der Waals surface area (Å²) < 4.78 is 0. The van der Waals surface area contributed by atoms with Crippen LogP contribution in [0.4, 0.5) is 0 Å². The second-order valence-corrected chi connectivity index (χ2v) is 5.95. The Morgan fingerprint density at radius 3 is 1.85 bits per heavy atom. The Balaban J connectivity index is 1.84. The molecule has 4 atom stereocenters. The first kappa shape index (κ1) is 7.28. The van der Waals surface area contributed by atoms with Crippen LogP contribution < -0.4 is 0 Å². The first-order valence-electron chi connectivity index (χ1n) is 6.02. The normalized spacial score (nSPS) is 67.6. The molecule has 0 saturated heterocycles. The summed E-state index contributed by atoms with van der Waals surface area (Å²) in [5.41, 5.74) is -0.161. The summed E-state index contributed by atoms with van der Waals surface area (Å²) in [5.74, 6) is 4.00. The Bertz CT molecular complexity index is 238. The zero-order chi connectivity index (χ0) is 8.63. The van der Waals surface area contributed by atoms with Gasteiger partial charge in [0.05, 0.1) is 5.60 Å². The van der Waals surface area contributed by atoms with Gasteiger partial charge in [-0.1, -0.05) is 0 Å². The fraction of sp³-hybridized carbons (Fsp3) is 1.00. The fourth-order valence-corrected chi connectivity index (χ4v) is 5.54. The molecule has 0 aromatic carbocycles. The van der Waals surface area contributed by atoms with Crippen LogP contribution in [0.1, 0.15) is 38.5 Å². The second-order valence-electron chi connectivity index (χ2n) is 5.95. The molecule has 0 aliphatic heterocycles. The van der Waals surface area contributed by atoms with Crippen LogP contribution in [0.3, 0.4) is 0 Å². The van der Waals surface area contributed by atoms with Crippen LogP contribution in [0.2, 0.25) is 0 Å². The maximum absolute atomic E-state index is 10.8. The molecule has 4 fully saturated rings. The minimum absolute atomic E-state index is 0.161. The SMILES string of the molecule is OC12C([C@H]3CC[C@H]1C3)[C@H]1CC[C@H]2C1. The molecule has 0 amide bonds. The maximum Gasteiger partial charge on any atom is 0.0737 e. The molecule has 0 unspecified atom stereocenters. The van der Waals surface area contributed by atoms with E-state index in [0.717, 1.165) is 17.8 Å². The van der Waals surface area contributed by atoms with E-state index in [1.807, 2.05) is 0 Å². The van der Waals surface area contributed by atoms with Gasteiger partial charge in [-0.15, -0.1) is 0 Å². The Morgan fingerprint density at radius 1 is 0.846 bits per heavy atom. The van der Waals surface area contributed by atoms with Gasteiger partial charge < -0.3 is 5.11 Å². The van der Waals surface area contributed by atoms with E-state index in [9.17, 15) is 5.11 Å². The molecule has 72 valence electrons. The van der Waals surface area contributed by atoms with Crippen molar-refractivity contribution in [2.45, 2.75) is 44.1 Å². The lowest BCUT2D eigenvalue weighted by atomic mass is 9.67. The van der Waals surface area contributed by atoms with Crippen molar-refractivity contribution in [3.05, 3.63) is 0 Å². The standard InChI is InChI=1S/C12H18O/c13-12-9-3-1-7(5-9)11(12)8-2-4-10(12)6-8/h7-11,13H,1-6H2/t7-,8-,9-,10-,11?,12?/m0/s1. The average Bonchev–Trinajstić information content (AvgIpc) is 2.79. The van der Waals surface area contributed by atoms with Crippen LogP contribution in [-0.4, -0.2) is 10.7 Å². The van der Waals surface area contributed by atoms with Gasteiger partial charge in [0.2, 0.25) is 0 Å². The van der Waals surface area contributed by atoms with Gasteiger partial charge in [-0.05, 0) is 68.1 Å². The monoisotopic (exact) mass is 178 g/mol. The van der Waals surface area contributed by atoms with E-state index in [1.165, 1.54) is 38.5 Å². The zero-order valence-corrected chi connectivity index (χ0v) is 8.08. The molecule has 4 aliphatic carbocycles. The first-order valence-corrected chi connectivity index (χ1v) is 6.02. The molecule has 0 aromatic heterocycles. The van der Waals surface area contributed by atoms with Crippen molar-refractivity contribution in [1.29, 1.82) is 0 Å². The largest absolute Gasteiger partial charge is 0.389 e. The number of aliphatic hydroxyl groups is 1. The molecule has 1 nitrogen and oxygen atoms in total. The summed E-state index contributed by atoms with van der Waals surface area (Å²) in [6.07, 6.45) is 8.27. The van der Waals surface area contributed by atoms with E-state index in [0.29, 0.717) is 11.8 Å². The van der Waals surface area contributed by atoms with Crippen LogP contribution in [0.5, 0.6) is 0 Å². The Hall–Kier alpha value is -0.0400. The van der Waals surface area contributed by atoms with Gasteiger partial charge in [-0.25, -0.2) is 0 Å². The lowest BCUT2D eigenvalue weighted by Gasteiger charge is -2.43. The predicted molar refractivity (Wildman–Crippen MR) is 50.1 cm³/mol. The third-order valence-corrected chi connectivity index (χ3v) is 5.80. The average molecular weight is 178 g/mol. The molecule has 1 N–H and O–H groups in total. The minimum Gasteiger partial charge on any atom is -0.389 e. The van der Waals surface area contributed by atoms with Crippen LogP contribution in [0.25, 0.3) is 0 Å². The van der Waals surface area contributed by atoms with E-state index >= 15 is 0 Å². The molecule has 4 bridgehead atoms. The van der Waals surface area contributed by atoms with Gasteiger partial charge in [0.25, 0.3) is 0 Å². The van der Waals surface area contributed by atoms with Gasteiger partial charge in [0.15, 0.2) is 0 Å². The van der Waals surface area contributed by atoms with E-state index in [-0.39, 0.29) is 5.60 Å². The smallest absolute Gasteiger partial charge is 0.0737 e. The Morgan fingerprint density at radius 2 is 1.38 bits per heavy atom. The number of hydrogen-bond acceptors (Lipinski definition) is 1. The van der Waals surface area contributed by atoms with Crippen molar-refractivity contribution in [3.63, 3.8) is 0 Å². The highest BCUT2D eigenvalue weighted by Crippen LogP contribution is 2.69. The summed E-state index contributed by atoms with van der Waals surface area (Å²) in [5, 5.41) is 10.8.